The van der Waals surface area contributed by atoms with Crippen LogP contribution in [0, 0.1) is 62.3 Å². The first kappa shape index (κ1) is 61.0. The molecule has 0 bridgehead atoms. The molecular formula is C43H62N24O3S2. The van der Waals surface area contributed by atoms with Gasteiger partial charge in [-0.3, -0.25) is 29.6 Å². The number of rotatable bonds is 0. The summed E-state index contributed by atoms with van der Waals surface area (Å²) in [6.45, 7) is 17.1. The van der Waals surface area contributed by atoms with Gasteiger partial charge >= 0.3 is 0 Å². The molecule has 4 N–H and O–H groups in total. The zero-order valence-corrected chi connectivity index (χ0v) is 43.8. The van der Waals surface area contributed by atoms with Gasteiger partial charge in [-0.1, -0.05) is 10.3 Å². The molecule has 0 amide bonds. The van der Waals surface area contributed by atoms with E-state index in [1.165, 1.54) is 42.5 Å². The number of H-pyrrole nitrogens is 4. The van der Waals surface area contributed by atoms with E-state index in [1.807, 2.05) is 111 Å². The summed E-state index contributed by atoms with van der Waals surface area (Å²) in [5.74, 6) is 2.14. The smallest absolute Gasteiger partial charge is 0.223 e. The summed E-state index contributed by atoms with van der Waals surface area (Å²) in [5.41, 5.74) is 10.1. The van der Waals surface area contributed by atoms with Crippen molar-refractivity contribution in [3.8, 4) is 0 Å². The third kappa shape index (κ3) is 39.0. The predicted octanol–water partition coefficient (Wildman–Crippen LogP) is 6.96. The first-order valence-corrected chi connectivity index (χ1v) is 22.7. The second-order valence-corrected chi connectivity index (χ2v) is 14.9. The molecule has 0 aliphatic rings. The van der Waals surface area contributed by atoms with E-state index in [2.05, 4.69) is 119 Å². The Morgan fingerprint density at radius 3 is 1.53 bits per heavy atom. The van der Waals surface area contributed by atoms with Gasteiger partial charge in [0, 0.05) is 93.4 Å². The molecule has 0 unspecified atom stereocenters. The van der Waals surface area contributed by atoms with E-state index in [-0.39, 0.29) is 0 Å². The largest absolute Gasteiger partial charge is 0.452 e. The second-order valence-electron chi connectivity index (χ2n) is 13.5. The fraction of sp³-hybridized carbons (Fsp3) is 0.279. The van der Waals surface area contributed by atoms with Gasteiger partial charge in [0.1, 0.15) is 42.9 Å². The Hall–Kier alpha value is -8.99. The van der Waals surface area contributed by atoms with Gasteiger partial charge in [0.05, 0.1) is 23.7 Å². The van der Waals surface area contributed by atoms with E-state index in [4.69, 9.17) is 0 Å². The Morgan fingerprint density at radius 2 is 1.38 bits per heavy atom. The number of aryl methyl sites for hydroxylation is 12. The van der Waals surface area contributed by atoms with E-state index in [0.29, 0.717) is 11.7 Å². The van der Waals surface area contributed by atoms with Crippen molar-refractivity contribution in [1.82, 2.24) is 119 Å². The van der Waals surface area contributed by atoms with E-state index in [0.717, 1.165) is 34.3 Å². The number of aromatic nitrogens is 24. The van der Waals surface area contributed by atoms with Crippen molar-refractivity contribution < 1.29 is 13.5 Å². The lowest BCUT2D eigenvalue weighted by molar-refractivity contribution is 0.392. The average Bonchev–Trinajstić information content (AvgIpc) is 4.18. The minimum absolute atomic E-state index is 0.606. The summed E-state index contributed by atoms with van der Waals surface area (Å²) in [6, 6.07) is 5.72. The summed E-state index contributed by atoms with van der Waals surface area (Å²) in [4.78, 5) is 29.1. The molecule has 12 rings (SSSR count). The molecule has 0 aliphatic heterocycles. The van der Waals surface area contributed by atoms with Gasteiger partial charge in [-0.05, 0) is 90.7 Å². The van der Waals surface area contributed by atoms with Crippen molar-refractivity contribution in [1.29, 1.82) is 0 Å². The maximum absolute atomic E-state index is 4.60. The van der Waals surface area contributed by atoms with E-state index < -0.39 is 0 Å². The van der Waals surface area contributed by atoms with Gasteiger partial charge in [-0.25, -0.2) is 19.9 Å². The number of oxazole rings is 1. The van der Waals surface area contributed by atoms with Crippen molar-refractivity contribution in [3.05, 3.63) is 187 Å². The molecule has 0 saturated heterocycles. The number of hydrogen-bond acceptors (Lipinski definition) is 22. The van der Waals surface area contributed by atoms with E-state index >= 15 is 0 Å². The highest BCUT2D eigenvalue weighted by atomic mass is 32.1. The molecule has 29 heteroatoms. The minimum atomic E-state index is 0.606. The van der Waals surface area contributed by atoms with Crippen LogP contribution in [0.1, 0.15) is 51.6 Å². The highest BCUT2D eigenvalue weighted by Crippen LogP contribution is 1.96. The van der Waals surface area contributed by atoms with E-state index in [9.17, 15) is 0 Å². The molecule has 0 saturated carbocycles. The molecule has 0 aliphatic carbocycles. The second kappa shape index (κ2) is 41.0. The molecule has 12 aromatic heterocycles. The van der Waals surface area contributed by atoms with Crippen molar-refractivity contribution in [3.63, 3.8) is 0 Å². The molecule has 0 radical (unpaired) electrons. The monoisotopic (exact) mass is 1030 g/mol. The van der Waals surface area contributed by atoms with Crippen LogP contribution in [0.25, 0.3) is 0 Å². The fourth-order valence-electron chi connectivity index (χ4n) is 3.38. The van der Waals surface area contributed by atoms with E-state index in [1.54, 1.807) is 107 Å². The highest BCUT2D eigenvalue weighted by molar-refractivity contribution is 7.07. The van der Waals surface area contributed by atoms with Crippen LogP contribution in [-0.4, -0.2) is 119 Å². The predicted molar refractivity (Wildman–Crippen MR) is 269 cm³/mol. The lowest BCUT2D eigenvalue weighted by Crippen LogP contribution is -1.83. The van der Waals surface area contributed by atoms with Crippen LogP contribution >= 0.6 is 22.9 Å². The molecular weight excluding hydrogens is 965 g/mol. The summed E-state index contributed by atoms with van der Waals surface area (Å²) < 4.78 is 22.4. The Labute approximate surface area is 424 Å². The van der Waals surface area contributed by atoms with Crippen LogP contribution in [0.3, 0.4) is 0 Å². The van der Waals surface area contributed by atoms with Crippen LogP contribution in [0.15, 0.2) is 148 Å². The molecule has 384 valence electrons. The minimum Gasteiger partial charge on any atom is -0.452 e. The Kier molecular flexibility index (Phi) is 34.8. The lowest BCUT2D eigenvalue weighted by Gasteiger charge is -1.77. The van der Waals surface area contributed by atoms with Crippen LogP contribution in [0.4, 0.5) is 0 Å². The van der Waals surface area contributed by atoms with Crippen LogP contribution in [-0.2, 0) is 21.1 Å². The fourth-order valence-corrected chi connectivity index (χ4v) is 4.37. The number of imidazole rings is 1. The zero-order valence-electron chi connectivity index (χ0n) is 42.2. The van der Waals surface area contributed by atoms with Crippen LogP contribution < -0.4 is 0 Å². The molecule has 12 aromatic rings. The first-order valence-electron chi connectivity index (χ1n) is 20.9. The molecule has 0 atom stereocenters. The third-order valence-electron chi connectivity index (χ3n) is 6.78. The number of nitrogens with one attached hydrogen (secondary N) is 4. The molecule has 72 heavy (non-hydrogen) atoms. The molecule has 0 aromatic carbocycles. The van der Waals surface area contributed by atoms with Crippen molar-refractivity contribution in [2.24, 2.45) is 21.1 Å². The van der Waals surface area contributed by atoms with Crippen molar-refractivity contribution in [2.45, 2.75) is 62.3 Å². The summed E-state index contributed by atoms with van der Waals surface area (Å²) in [5, 5.41) is 42.7. The summed E-state index contributed by atoms with van der Waals surface area (Å²) in [7, 11) is 5.59. The topological polar surface area (TPSA) is 336 Å². The van der Waals surface area contributed by atoms with Gasteiger partial charge in [0.15, 0.2) is 18.5 Å². The number of nitrogens with zero attached hydrogens (tertiary/aromatic N) is 20. The summed E-state index contributed by atoms with van der Waals surface area (Å²) >= 11 is 3.01. The average molecular weight is 1030 g/mol. The van der Waals surface area contributed by atoms with Gasteiger partial charge in [0.25, 0.3) is 0 Å². The SMILES string of the molecule is Cc1ccn[nH]1.Cc1ccn[nH]1.Cc1cn[nH]c1.Cc1cnc[nH]1.Cc1cocn1.Cc1cscn1.Cc1ncno1.Cc1ncon1.Cc1ncsn1.Cn1cccn1.Cn1cncn1.Cn1cnnc1. The standard InChI is InChI=1S/5C4H6N2.C4H5NO.C4H5NS.2C3H5N3.2C3H4N2O.C3H4N2S/c1-4-2-5-3-6-4;1-4-2-5-6-3-4;1-6-4-2-3-5-6;2*1-4-2-3-5-6-4;2*1-4-2-6-3-5-4;1-6-2-4-5-3-6;1-6-3-4-2-5-6;1-3-4-2-6-5-3;1-3-4-2-5-6-3;1-3-4-2-6-5-3/h2*2-3H,1H3,(H,5,6);2-4H,1H3;2*2-3H,1H3,(H,5,6);4*2-3H,1H3;3*2H,1H3. The van der Waals surface area contributed by atoms with Crippen LogP contribution in [0.5, 0.6) is 0 Å². The zero-order chi connectivity index (χ0) is 52.9. The highest BCUT2D eigenvalue weighted by Gasteiger charge is 1.82. The van der Waals surface area contributed by atoms with Crippen molar-refractivity contribution >= 4 is 22.9 Å². The molecule has 12 heterocycles. The number of aromatic amines is 4. The quantitative estimate of drug-likeness (QED) is 0.119. The molecule has 0 fully saturated rings. The Morgan fingerprint density at radius 1 is 0.639 bits per heavy atom. The lowest BCUT2D eigenvalue weighted by atomic mass is 10.4. The van der Waals surface area contributed by atoms with Crippen molar-refractivity contribution in [2.75, 3.05) is 0 Å². The maximum Gasteiger partial charge on any atom is 0.223 e. The molecule has 0 spiro atoms. The Balaban J connectivity index is 0.000000393. The third-order valence-corrected chi connectivity index (χ3v) is 8.05. The van der Waals surface area contributed by atoms with Gasteiger partial charge in [-0.15, -0.1) is 21.5 Å². The first-order chi connectivity index (χ1) is 34.7. The Bertz CT molecular complexity index is 2030. The molecule has 27 nitrogen and oxygen atoms in total. The van der Waals surface area contributed by atoms with Crippen LogP contribution in [0.2, 0.25) is 0 Å². The van der Waals surface area contributed by atoms with Gasteiger partial charge in [-0.2, -0.15) is 39.8 Å². The maximum atomic E-state index is 4.60. The normalized spacial score (nSPS) is 8.83. The number of thiazole rings is 1. The summed E-state index contributed by atoms with van der Waals surface area (Å²) in [6.07, 6.45) is 26.3. The van der Waals surface area contributed by atoms with Gasteiger partial charge in [0.2, 0.25) is 12.3 Å². The number of hydrogen-bond donors (Lipinski definition) is 4. The van der Waals surface area contributed by atoms with Gasteiger partial charge < -0.3 is 23.0 Å².